The van der Waals surface area contributed by atoms with E-state index in [1.54, 1.807) is 23.9 Å². The van der Waals surface area contributed by atoms with Gasteiger partial charge in [0.25, 0.3) is 0 Å². The third-order valence-corrected chi connectivity index (χ3v) is 10.2. The van der Waals surface area contributed by atoms with Gasteiger partial charge in [-0.3, -0.25) is 9.52 Å². The molecule has 0 radical (unpaired) electrons. The fourth-order valence-corrected chi connectivity index (χ4v) is 7.48. The fraction of sp³-hybridized carbons (Fsp3) is 0.457. The second-order valence-corrected chi connectivity index (χ2v) is 12.9. The van der Waals surface area contributed by atoms with Crippen molar-refractivity contribution in [2.75, 3.05) is 49.2 Å². The molecule has 2 saturated heterocycles. The van der Waals surface area contributed by atoms with E-state index in [1.807, 2.05) is 26.6 Å². The Morgan fingerprint density at radius 1 is 1.00 bits per heavy atom. The van der Waals surface area contributed by atoms with Gasteiger partial charge in [0.1, 0.15) is 17.9 Å². The van der Waals surface area contributed by atoms with Crippen LogP contribution in [0.15, 0.2) is 55.1 Å². The Hall–Kier alpha value is -4.29. The van der Waals surface area contributed by atoms with Gasteiger partial charge in [-0.25, -0.2) is 23.8 Å². The number of benzene rings is 2. The number of hydroxylamine groups is 1. The lowest BCUT2D eigenvalue weighted by Crippen LogP contribution is -2.43. The maximum atomic E-state index is 14.7. The molecule has 0 bridgehead atoms. The lowest BCUT2D eigenvalue weighted by molar-refractivity contribution is 0.0170. The van der Waals surface area contributed by atoms with Crippen molar-refractivity contribution in [3.05, 3.63) is 72.3 Å². The van der Waals surface area contributed by atoms with E-state index in [9.17, 15) is 8.78 Å². The molecule has 4 aromatic rings. The third kappa shape index (κ3) is 6.23. The van der Waals surface area contributed by atoms with Gasteiger partial charge in [-0.1, -0.05) is 12.1 Å². The number of anilines is 4. The van der Waals surface area contributed by atoms with Gasteiger partial charge >= 0.3 is 0 Å². The fourth-order valence-electron chi connectivity index (χ4n) is 7.48. The Morgan fingerprint density at radius 3 is 2.53 bits per heavy atom. The minimum atomic E-state index is -0.891. The summed E-state index contributed by atoms with van der Waals surface area (Å²) in [6, 6.07) is 9.57. The Bertz CT molecular complexity index is 1720. The normalized spacial score (nSPS) is 19.8. The van der Waals surface area contributed by atoms with Gasteiger partial charge in [0.05, 0.1) is 37.7 Å². The average Bonchev–Trinajstić information content (AvgIpc) is 3.76. The van der Waals surface area contributed by atoms with Gasteiger partial charge in [0.2, 0.25) is 0 Å². The van der Waals surface area contributed by atoms with Crippen molar-refractivity contribution in [2.45, 2.75) is 57.1 Å². The van der Waals surface area contributed by atoms with Crippen LogP contribution >= 0.6 is 0 Å². The zero-order valence-corrected chi connectivity index (χ0v) is 27.1. The van der Waals surface area contributed by atoms with Gasteiger partial charge in [-0.05, 0) is 56.1 Å². The van der Waals surface area contributed by atoms with Crippen molar-refractivity contribution in [2.24, 2.45) is 12.5 Å². The first-order valence-electron chi connectivity index (χ1n) is 16.3. The lowest BCUT2D eigenvalue weighted by Gasteiger charge is -2.46. The molecule has 2 aliphatic heterocycles. The van der Waals surface area contributed by atoms with Crippen molar-refractivity contribution in [1.29, 1.82) is 0 Å². The summed E-state index contributed by atoms with van der Waals surface area (Å²) in [5, 5.41) is 9.40. The summed E-state index contributed by atoms with van der Waals surface area (Å²) in [7, 11) is 5.41. The molecule has 4 heterocycles. The molecule has 1 N–H and O–H groups in total. The Kier molecular flexibility index (Phi) is 8.71. The number of halogens is 2. The van der Waals surface area contributed by atoms with Crippen molar-refractivity contribution >= 4 is 23.0 Å². The van der Waals surface area contributed by atoms with Crippen LogP contribution in [0.25, 0.3) is 11.1 Å². The topological polar surface area (TPSA) is 89.8 Å². The summed E-state index contributed by atoms with van der Waals surface area (Å²) in [6.45, 7) is 2.29. The lowest BCUT2D eigenvalue weighted by atomic mass is 9.67. The van der Waals surface area contributed by atoms with Crippen LogP contribution in [0.1, 0.15) is 56.6 Å². The first kappa shape index (κ1) is 31.3. The van der Waals surface area contributed by atoms with Crippen molar-refractivity contribution < 1.29 is 23.1 Å². The number of ether oxygens (including phenoxy) is 2. The number of methoxy groups -OCH3 is 2. The molecule has 1 aliphatic carbocycles. The minimum absolute atomic E-state index is 0.222. The predicted octanol–water partition coefficient (Wildman–Crippen LogP) is 6.97. The molecular formula is C35H41F2N7O3. The highest BCUT2D eigenvalue weighted by Crippen LogP contribution is 2.48. The van der Waals surface area contributed by atoms with Gasteiger partial charge in [0.15, 0.2) is 17.5 Å². The largest absolute Gasteiger partial charge is 0.494 e. The number of piperidine rings is 1. The highest BCUT2D eigenvalue weighted by atomic mass is 19.2. The summed E-state index contributed by atoms with van der Waals surface area (Å²) in [5.74, 6) is -0.170. The van der Waals surface area contributed by atoms with Crippen molar-refractivity contribution in [3.63, 3.8) is 0 Å². The average molecular weight is 646 g/mol. The van der Waals surface area contributed by atoms with Crippen LogP contribution in [0.4, 0.5) is 31.8 Å². The first-order chi connectivity index (χ1) is 22.9. The molecule has 248 valence electrons. The molecule has 2 aromatic carbocycles. The van der Waals surface area contributed by atoms with Crippen LogP contribution in [-0.2, 0) is 16.6 Å². The van der Waals surface area contributed by atoms with Crippen LogP contribution in [-0.4, -0.2) is 59.8 Å². The van der Waals surface area contributed by atoms with Crippen molar-refractivity contribution in [3.8, 4) is 16.9 Å². The van der Waals surface area contributed by atoms with E-state index >= 15 is 0 Å². The van der Waals surface area contributed by atoms with Gasteiger partial charge in [0, 0.05) is 74.4 Å². The van der Waals surface area contributed by atoms with Crippen LogP contribution in [0.2, 0.25) is 0 Å². The number of hydrogen-bond donors (Lipinski definition) is 1. The zero-order valence-electron chi connectivity index (χ0n) is 27.1. The number of nitrogens with zero attached hydrogens (tertiary/aromatic N) is 6. The molecule has 7 rings (SSSR count). The Morgan fingerprint density at radius 2 is 1.81 bits per heavy atom. The molecule has 12 heteroatoms. The van der Waals surface area contributed by atoms with Crippen LogP contribution in [0.5, 0.6) is 5.75 Å². The zero-order chi connectivity index (χ0) is 32.5. The van der Waals surface area contributed by atoms with Crippen LogP contribution in [0.3, 0.4) is 0 Å². The molecular weight excluding hydrogens is 604 g/mol. The van der Waals surface area contributed by atoms with E-state index in [0.717, 1.165) is 67.3 Å². The number of nitrogens with one attached hydrogen (secondary N) is 1. The molecule has 1 spiro atoms. The number of rotatable bonds is 8. The standard InChI is InChI=1S/C35H41F2N7O3/c1-42-21-23(20-40-42)26-17-28(31(46-3)18-30(26)43-14-12-35(13-15-43)10-7-24(45-2)8-11-35)41-32-19-33(39-22-38-32)44-29(9-16-47-44)25-5-4-6-27(36)34(25)37/h4-6,17-22,24,29H,7-16H2,1-3H3,(H,38,39,41)/t29-/m1/s1. The van der Waals surface area contributed by atoms with Gasteiger partial charge < -0.3 is 19.7 Å². The molecule has 10 nitrogen and oxygen atoms in total. The smallest absolute Gasteiger partial charge is 0.164 e. The minimum Gasteiger partial charge on any atom is -0.494 e. The summed E-state index contributed by atoms with van der Waals surface area (Å²) >= 11 is 0. The second-order valence-electron chi connectivity index (χ2n) is 12.9. The summed E-state index contributed by atoms with van der Waals surface area (Å²) in [6.07, 6.45) is 13.2. The molecule has 47 heavy (non-hydrogen) atoms. The van der Waals surface area contributed by atoms with Crippen molar-refractivity contribution in [1.82, 2.24) is 19.7 Å². The summed E-state index contributed by atoms with van der Waals surface area (Å²) in [4.78, 5) is 17.2. The second kappa shape index (κ2) is 13.1. The van der Waals surface area contributed by atoms with Crippen LogP contribution in [0, 0.1) is 17.0 Å². The number of hydrogen-bond acceptors (Lipinski definition) is 9. The quantitative estimate of drug-likeness (QED) is 0.218. The van der Waals surface area contributed by atoms with E-state index in [0.29, 0.717) is 41.9 Å². The van der Waals surface area contributed by atoms with E-state index in [1.165, 1.54) is 30.3 Å². The summed E-state index contributed by atoms with van der Waals surface area (Å²) < 4.78 is 42.2. The maximum absolute atomic E-state index is 14.7. The van der Waals surface area contributed by atoms with E-state index < -0.39 is 17.7 Å². The number of aryl methyl sites for hydroxylation is 1. The monoisotopic (exact) mass is 645 g/mol. The highest BCUT2D eigenvalue weighted by molar-refractivity contribution is 5.85. The Balaban J connectivity index is 1.16. The van der Waals surface area contributed by atoms with Crippen LogP contribution < -0.4 is 20.0 Å². The Labute approximate surface area is 273 Å². The first-order valence-corrected chi connectivity index (χ1v) is 16.3. The molecule has 0 unspecified atom stereocenters. The molecule has 1 atom stereocenters. The maximum Gasteiger partial charge on any atom is 0.164 e. The number of aromatic nitrogens is 4. The SMILES string of the molecule is COc1cc(N2CCC3(CCC(OC)CC3)CC2)c(-c2cnn(C)c2)cc1Nc1cc(N2OCC[C@@H]2c2cccc(F)c2F)ncn1. The van der Waals surface area contributed by atoms with E-state index in [2.05, 4.69) is 37.4 Å². The van der Waals surface area contributed by atoms with Gasteiger partial charge in [-0.15, -0.1) is 0 Å². The third-order valence-electron chi connectivity index (χ3n) is 10.2. The molecule has 2 aromatic heterocycles. The predicted molar refractivity (Wildman–Crippen MR) is 176 cm³/mol. The van der Waals surface area contributed by atoms with Gasteiger partial charge in [-0.2, -0.15) is 5.10 Å². The molecule has 3 fully saturated rings. The summed E-state index contributed by atoms with van der Waals surface area (Å²) in [5.41, 5.74) is 4.49. The molecule has 0 amide bonds. The molecule has 1 saturated carbocycles. The molecule has 3 aliphatic rings. The highest BCUT2D eigenvalue weighted by Gasteiger charge is 2.39. The van der Waals surface area contributed by atoms with E-state index in [-0.39, 0.29) is 5.56 Å². The van der Waals surface area contributed by atoms with E-state index in [4.69, 9.17) is 14.3 Å².